The average molecular weight is 248 g/mol. The predicted molar refractivity (Wildman–Crippen MR) is 60.3 cm³/mol. The smallest absolute Gasteiger partial charge is 0.357 e. The van der Waals surface area contributed by atoms with Gasteiger partial charge in [-0.2, -0.15) is 0 Å². The van der Waals surface area contributed by atoms with Gasteiger partial charge in [-0.15, -0.1) is 0 Å². The highest BCUT2D eigenvalue weighted by molar-refractivity contribution is 5.85. The Hall–Kier alpha value is -2.70. The quantitative estimate of drug-likeness (QED) is 0.659. The van der Waals surface area contributed by atoms with E-state index in [1.54, 1.807) is 13.0 Å². The summed E-state index contributed by atoms with van der Waals surface area (Å²) >= 11 is 0. The highest BCUT2D eigenvalue weighted by Gasteiger charge is 2.16. The highest BCUT2D eigenvalue weighted by atomic mass is 16.6. The van der Waals surface area contributed by atoms with E-state index in [0.29, 0.717) is 11.1 Å². The Morgan fingerprint density at radius 1 is 1.50 bits per heavy atom. The minimum Gasteiger partial charge on any atom is -0.476 e. The van der Waals surface area contributed by atoms with Crippen LogP contribution in [0.2, 0.25) is 0 Å². The second-order valence-electron chi connectivity index (χ2n) is 3.60. The summed E-state index contributed by atoms with van der Waals surface area (Å²) in [6.07, 6.45) is 0.996. The van der Waals surface area contributed by atoms with Crippen molar-refractivity contribution in [2.24, 2.45) is 0 Å². The number of rotatable bonds is 3. The molecule has 0 radical (unpaired) electrons. The second kappa shape index (κ2) is 4.28. The van der Waals surface area contributed by atoms with Gasteiger partial charge in [-0.1, -0.05) is 6.07 Å². The van der Waals surface area contributed by atoms with Gasteiger partial charge in [0, 0.05) is 17.7 Å². The molecule has 2 aromatic rings. The van der Waals surface area contributed by atoms with E-state index in [1.165, 1.54) is 12.1 Å². The van der Waals surface area contributed by atoms with Crippen molar-refractivity contribution in [2.45, 2.75) is 6.92 Å². The van der Waals surface area contributed by atoms with Crippen molar-refractivity contribution >= 4 is 11.7 Å². The molecule has 92 valence electrons. The summed E-state index contributed by atoms with van der Waals surface area (Å²) < 4.78 is 5.01. The molecule has 0 aliphatic heterocycles. The first kappa shape index (κ1) is 11.8. The Balaban J connectivity index is 2.51. The molecule has 7 heteroatoms. The molecule has 0 amide bonds. The van der Waals surface area contributed by atoms with Gasteiger partial charge in [-0.3, -0.25) is 10.1 Å². The molecule has 0 atom stereocenters. The first-order valence-corrected chi connectivity index (χ1v) is 4.93. The van der Waals surface area contributed by atoms with Crippen LogP contribution in [0.1, 0.15) is 16.1 Å². The SMILES string of the molecule is Cc1ccc([N+](=O)[O-])cc1-c1nc(C(=O)O)co1. The molecule has 0 fully saturated rings. The van der Waals surface area contributed by atoms with Crippen LogP contribution in [0.5, 0.6) is 0 Å². The van der Waals surface area contributed by atoms with Gasteiger partial charge in [0.25, 0.3) is 5.69 Å². The summed E-state index contributed by atoms with van der Waals surface area (Å²) in [4.78, 5) is 24.6. The Kier molecular flexibility index (Phi) is 2.80. The van der Waals surface area contributed by atoms with E-state index in [1.807, 2.05) is 0 Å². The number of non-ortho nitro benzene ring substituents is 1. The Morgan fingerprint density at radius 2 is 2.22 bits per heavy atom. The standard InChI is InChI=1S/C11H8N2O5/c1-6-2-3-7(13(16)17)4-8(6)10-12-9(5-18-10)11(14)15/h2-5H,1H3,(H,14,15). The monoisotopic (exact) mass is 248 g/mol. The van der Waals surface area contributed by atoms with E-state index in [4.69, 9.17) is 9.52 Å². The molecule has 0 saturated heterocycles. The molecular weight excluding hydrogens is 240 g/mol. The van der Waals surface area contributed by atoms with Gasteiger partial charge in [0.05, 0.1) is 4.92 Å². The van der Waals surface area contributed by atoms with Crippen molar-refractivity contribution in [3.8, 4) is 11.5 Å². The van der Waals surface area contributed by atoms with Crippen LogP contribution in [0.4, 0.5) is 5.69 Å². The molecule has 0 aliphatic rings. The van der Waals surface area contributed by atoms with Crippen molar-refractivity contribution in [2.75, 3.05) is 0 Å². The molecule has 1 N–H and O–H groups in total. The number of carbonyl (C=O) groups is 1. The Bertz CT molecular complexity index is 632. The minimum absolute atomic E-state index is 0.0496. The third-order valence-corrected chi connectivity index (χ3v) is 2.39. The molecule has 0 bridgehead atoms. The summed E-state index contributed by atoms with van der Waals surface area (Å²) in [6, 6.07) is 4.21. The van der Waals surface area contributed by atoms with Gasteiger partial charge in [0.2, 0.25) is 5.89 Å². The van der Waals surface area contributed by atoms with Gasteiger partial charge in [0.15, 0.2) is 5.69 Å². The van der Waals surface area contributed by atoms with Gasteiger partial charge in [-0.25, -0.2) is 9.78 Å². The number of benzene rings is 1. The van der Waals surface area contributed by atoms with Crippen LogP contribution in [-0.2, 0) is 0 Å². The maximum absolute atomic E-state index is 10.7. The number of carboxylic acid groups (broad SMARTS) is 1. The topological polar surface area (TPSA) is 106 Å². The normalized spacial score (nSPS) is 10.3. The van der Waals surface area contributed by atoms with Gasteiger partial charge in [0.1, 0.15) is 6.26 Å². The lowest BCUT2D eigenvalue weighted by Crippen LogP contribution is -1.96. The number of nitro benzene ring substituents is 1. The maximum atomic E-state index is 10.7. The number of hydrogen-bond acceptors (Lipinski definition) is 5. The van der Waals surface area contributed by atoms with E-state index in [0.717, 1.165) is 6.26 Å². The van der Waals surface area contributed by atoms with Crippen LogP contribution in [0.25, 0.3) is 11.5 Å². The molecule has 18 heavy (non-hydrogen) atoms. The summed E-state index contributed by atoms with van der Waals surface area (Å²) in [6.45, 7) is 1.73. The Morgan fingerprint density at radius 3 is 2.78 bits per heavy atom. The van der Waals surface area contributed by atoms with E-state index < -0.39 is 10.9 Å². The number of aryl methyl sites for hydroxylation is 1. The molecule has 1 aromatic heterocycles. The maximum Gasteiger partial charge on any atom is 0.357 e. The van der Waals surface area contributed by atoms with E-state index in [9.17, 15) is 14.9 Å². The number of aromatic nitrogens is 1. The first-order chi connectivity index (χ1) is 8.49. The lowest BCUT2D eigenvalue weighted by atomic mass is 10.1. The lowest BCUT2D eigenvalue weighted by Gasteiger charge is -2.00. The largest absolute Gasteiger partial charge is 0.476 e. The van der Waals surface area contributed by atoms with E-state index in [-0.39, 0.29) is 17.3 Å². The third kappa shape index (κ3) is 2.05. The van der Waals surface area contributed by atoms with Crippen molar-refractivity contribution in [1.82, 2.24) is 4.98 Å². The summed E-state index contributed by atoms with van der Waals surface area (Å²) in [5.74, 6) is -1.17. The molecular formula is C11H8N2O5. The van der Waals surface area contributed by atoms with Gasteiger partial charge >= 0.3 is 5.97 Å². The molecule has 0 saturated carbocycles. The van der Waals surface area contributed by atoms with Crippen molar-refractivity contribution < 1.29 is 19.2 Å². The molecule has 1 aromatic carbocycles. The zero-order valence-corrected chi connectivity index (χ0v) is 9.28. The fraction of sp³-hybridized carbons (Fsp3) is 0.0909. The molecule has 0 unspecified atom stereocenters. The molecule has 1 heterocycles. The Labute approximate surface area is 101 Å². The van der Waals surface area contributed by atoms with Crippen molar-refractivity contribution in [3.05, 3.63) is 45.8 Å². The van der Waals surface area contributed by atoms with E-state index >= 15 is 0 Å². The average Bonchev–Trinajstić information content (AvgIpc) is 2.78. The van der Waals surface area contributed by atoms with Crippen molar-refractivity contribution in [3.63, 3.8) is 0 Å². The number of hydrogen-bond donors (Lipinski definition) is 1. The van der Waals surface area contributed by atoms with E-state index in [2.05, 4.69) is 4.98 Å². The third-order valence-electron chi connectivity index (χ3n) is 2.39. The lowest BCUT2D eigenvalue weighted by molar-refractivity contribution is -0.384. The van der Waals surface area contributed by atoms with Crippen LogP contribution in [0.15, 0.2) is 28.9 Å². The van der Waals surface area contributed by atoms with Crippen LogP contribution in [0.3, 0.4) is 0 Å². The number of aromatic carboxylic acids is 1. The number of nitro groups is 1. The highest BCUT2D eigenvalue weighted by Crippen LogP contribution is 2.26. The van der Waals surface area contributed by atoms with Gasteiger partial charge in [-0.05, 0) is 12.5 Å². The number of carboxylic acids is 1. The summed E-state index contributed by atoms with van der Waals surface area (Å²) in [7, 11) is 0. The summed E-state index contributed by atoms with van der Waals surface area (Å²) in [5, 5.41) is 19.4. The first-order valence-electron chi connectivity index (χ1n) is 4.93. The zero-order chi connectivity index (χ0) is 13.3. The van der Waals surface area contributed by atoms with Crippen molar-refractivity contribution in [1.29, 1.82) is 0 Å². The molecule has 0 aliphatic carbocycles. The summed E-state index contributed by atoms with van der Waals surface area (Å²) in [5.41, 5.74) is 0.762. The fourth-order valence-corrected chi connectivity index (χ4v) is 1.45. The predicted octanol–water partition coefficient (Wildman–Crippen LogP) is 2.26. The van der Waals surface area contributed by atoms with Crippen LogP contribution < -0.4 is 0 Å². The second-order valence-corrected chi connectivity index (χ2v) is 3.60. The molecule has 7 nitrogen and oxygen atoms in total. The fourth-order valence-electron chi connectivity index (χ4n) is 1.45. The van der Waals surface area contributed by atoms with Gasteiger partial charge < -0.3 is 9.52 Å². The molecule has 2 rings (SSSR count). The number of oxazole rings is 1. The van der Waals surface area contributed by atoms with Crippen LogP contribution in [-0.4, -0.2) is 21.0 Å². The zero-order valence-electron chi connectivity index (χ0n) is 9.28. The molecule has 0 spiro atoms. The minimum atomic E-state index is -1.21. The van der Waals surface area contributed by atoms with Crippen LogP contribution in [0, 0.1) is 17.0 Å². The number of nitrogens with zero attached hydrogens (tertiary/aromatic N) is 2. The van der Waals surface area contributed by atoms with Crippen LogP contribution >= 0.6 is 0 Å².